The molecule has 2 saturated heterocycles. The number of methoxy groups -OCH3 is 1. The monoisotopic (exact) mass is 376 g/mol. The van der Waals surface area contributed by atoms with Gasteiger partial charge in [-0.1, -0.05) is 19.1 Å². The number of carbonyl (C=O) groups excluding carboxylic acids is 1. The lowest BCUT2D eigenvalue weighted by Crippen LogP contribution is -2.64. The summed E-state index contributed by atoms with van der Waals surface area (Å²) in [5, 5.41) is 14.0. The van der Waals surface area contributed by atoms with Gasteiger partial charge in [0.25, 0.3) is 0 Å². The summed E-state index contributed by atoms with van der Waals surface area (Å²) in [6.07, 6.45) is 2.67. The van der Waals surface area contributed by atoms with Crippen LogP contribution in [0.15, 0.2) is 24.3 Å². The number of amides is 1. The van der Waals surface area contributed by atoms with E-state index in [-0.39, 0.29) is 17.9 Å². The number of benzene rings is 1. The summed E-state index contributed by atoms with van der Waals surface area (Å²) in [6.45, 7) is 7.39. The Labute approximate surface area is 161 Å². The fourth-order valence-electron chi connectivity index (χ4n) is 4.27. The van der Waals surface area contributed by atoms with Crippen molar-refractivity contribution >= 4 is 5.91 Å². The molecule has 2 heterocycles. The normalized spacial score (nSPS) is 28.1. The molecule has 2 atom stereocenters. The number of aliphatic hydroxyl groups is 1. The molecule has 2 N–H and O–H groups in total. The third kappa shape index (κ3) is 4.81. The Morgan fingerprint density at radius 1 is 1.41 bits per heavy atom. The maximum Gasteiger partial charge on any atom is 0.224 e. The highest BCUT2D eigenvalue weighted by Crippen LogP contribution is 2.39. The Bertz CT molecular complexity index is 653. The SMILES string of the molecule is CCN1CCC2(CC1)C[C@](C)(O)[C@@H](NC(=O)Cc1cccc(OC)c1)CO2. The van der Waals surface area contributed by atoms with E-state index in [1.807, 2.05) is 31.2 Å². The van der Waals surface area contributed by atoms with Crippen LogP contribution in [-0.2, 0) is 16.0 Å². The van der Waals surface area contributed by atoms with Crippen molar-refractivity contribution in [3.8, 4) is 5.75 Å². The van der Waals surface area contributed by atoms with E-state index in [4.69, 9.17) is 9.47 Å². The van der Waals surface area contributed by atoms with E-state index in [2.05, 4.69) is 17.1 Å². The third-order valence-corrected chi connectivity index (χ3v) is 6.04. The zero-order chi connectivity index (χ0) is 19.5. The average Bonchev–Trinajstić information content (AvgIpc) is 2.64. The van der Waals surface area contributed by atoms with Crippen molar-refractivity contribution in [1.82, 2.24) is 10.2 Å². The molecule has 27 heavy (non-hydrogen) atoms. The van der Waals surface area contributed by atoms with Gasteiger partial charge in [-0.2, -0.15) is 0 Å². The first-order valence-corrected chi connectivity index (χ1v) is 9.87. The number of rotatable bonds is 5. The Hall–Kier alpha value is -1.63. The van der Waals surface area contributed by atoms with Crippen LogP contribution in [0, 0.1) is 0 Å². The van der Waals surface area contributed by atoms with Gasteiger partial charge in [-0.05, 0) is 44.0 Å². The van der Waals surface area contributed by atoms with Crippen LogP contribution < -0.4 is 10.1 Å². The summed E-state index contributed by atoms with van der Waals surface area (Å²) in [5.74, 6) is 0.613. The lowest BCUT2D eigenvalue weighted by Gasteiger charge is -2.51. The molecule has 0 saturated carbocycles. The van der Waals surface area contributed by atoms with Crippen LogP contribution in [0.1, 0.15) is 38.7 Å². The van der Waals surface area contributed by atoms with Crippen LogP contribution in [0.3, 0.4) is 0 Å². The molecule has 2 aliphatic rings. The maximum atomic E-state index is 12.5. The van der Waals surface area contributed by atoms with Crippen molar-refractivity contribution in [2.75, 3.05) is 33.4 Å². The molecule has 1 spiro atoms. The van der Waals surface area contributed by atoms with E-state index in [9.17, 15) is 9.90 Å². The van der Waals surface area contributed by atoms with Gasteiger partial charge >= 0.3 is 0 Å². The van der Waals surface area contributed by atoms with Gasteiger partial charge in [-0.25, -0.2) is 0 Å². The summed E-state index contributed by atoms with van der Waals surface area (Å²) in [6, 6.07) is 7.07. The minimum absolute atomic E-state index is 0.117. The molecule has 3 rings (SSSR count). The van der Waals surface area contributed by atoms with Crippen molar-refractivity contribution < 1.29 is 19.4 Å². The molecule has 2 aliphatic heterocycles. The van der Waals surface area contributed by atoms with Crippen molar-refractivity contribution in [3.63, 3.8) is 0 Å². The highest BCUT2D eigenvalue weighted by atomic mass is 16.5. The zero-order valence-electron chi connectivity index (χ0n) is 16.7. The number of ether oxygens (including phenoxy) is 2. The van der Waals surface area contributed by atoms with Gasteiger partial charge in [0.05, 0.1) is 37.4 Å². The van der Waals surface area contributed by atoms with Gasteiger partial charge < -0.3 is 24.8 Å². The summed E-state index contributed by atoms with van der Waals surface area (Å²) >= 11 is 0. The van der Waals surface area contributed by atoms with Crippen LogP contribution in [0.25, 0.3) is 0 Å². The summed E-state index contributed by atoms with van der Waals surface area (Å²) in [4.78, 5) is 14.9. The predicted octanol–water partition coefficient (Wildman–Crippen LogP) is 1.75. The fourth-order valence-corrected chi connectivity index (χ4v) is 4.27. The molecule has 0 bridgehead atoms. The first-order chi connectivity index (χ1) is 12.9. The Morgan fingerprint density at radius 2 is 2.15 bits per heavy atom. The smallest absolute Gasteiger partial charge is 0.224 e. The topological polar surface area (TPSA) is 71.0 Å². The third-order valence-electron chi connectivity index (χ3n) is 6.04. The first kappa shape index (κ1) is 20.1. The summed E-state index contributed by atoms with van der Waals surface area (Å²) < 4.78 is 11.4. The van der Waals surface area contributed by atoms with Crippen molar-refractivity contribution in [3.05, 3.63) is 29.8 Å². The van der Waals surface area contributed by atoms with Gasteiger partial charge in [-0.3, -0.25) is 4.79 Å². The summed E-state index contributed by atoms with van der Waals surface area (Å²) in [5.41, 5.74) is -0.355. The number of carbonyl (C=O) groups is 1. The van der Waals surface area contributed by atoms with Crippen molar-refractivity contribution in [2.24, 2.45) is 0 Å². The van der Waals surface area contributed by atoms with Gasteiger partial charge in [0, 0.05) is 19.5 Å². The van der Waals surface area contributed by atoms with Crippen LogP contribution in [0.4, 0.5) is 0 Å². The van der Waals surface area contributed by atoms with E-state index < -0.39 is 11.6 Å². The largest absolute Gasteiger partial charge is 0.497 e. The fraction of sp³-hybridized carbons (Fsp3) is 0.667. The molecule has 0 unspecified atom stereocenters. The molecule has 6 heteroatoms. The van der Waals surface area contributed by atoms with Crippen molar-refractivity contribution in [2.45, 2.75) is 56.8 Å². The Kier molecular flexibility index (Phi) is 6.08. The molecule has 150 valence electrons. The minimum atomic E-state index is -0.976. The van der Waals surface area contributed by atoms with E-state index in [1.165, 1.54) is 0 Å². The average molecular weight is 376 g/mol. The van der Waals surface area contributed by atoms with E-state index >= 15 is 0 Å². The lowest BCUT2D eigenvalue weighted by atomic mass is 9.75. The number of hydrogen-bond donors (Lipinski definition) is 2. The molecule has 0 aromatic heterocycles. The van der Waals surface area contributed by atoms with Gasteiger partial charge in [0.1, 0.15) is 5.75 Å². The number of nitrogens with zero attached hydrogens (tertiary/aromatic N) is 1. The second-order valence-corrected chi connectivity index (χ2v) is 8.11. The number of piperidine rings is 1. The quantitative estimate of drug-likeness (QED) is 0.819. The van der Waals surface area contributed by atoms with Crippen LogP contribution in [0.2, 0.25) is 0 Å². The Balaban J connectivity index is 1.57. The number of nitrogens with one attached hydrogen (secondary N) is 1. The second-order valence-electron chi connectivity index (χ2n) is 8.11. The molecule has 6 nitrogen and oxygen atoms in total. The summed E-state index contributed by atoms with van der Waals surface area (Å²) in [7, 11) is 1.61. The number of likely N-dealkylation sites (tertiary alicyclic amines) is 1. The van der Waals surface area contributed by atoms with Crippen LogP contribution >= 0.6 is 0 Å². The van der Waals surface area contributed by atoms with E-state index in [0.717, 1.165) is 43.8 Å². The molecule has 1 aromatic carbocycles. The lowest BCUT2D eigenvalue weighted by molar-refractivity contribution is -0.189. The maximum absolute atomic E-state index is 12.5. The highest BCUT2D eigenvalue weighted by Gasteiger charge is 2.49. The molecule has 0 radical (unpaired) electrons. The van der Waals surface area contributed by atoms with E-state index in [1.54, 1.807) is 7.11 Å². The molecule has 1 aromatic rings. The highest BCUT2D eigenvalue weighted by molar-refractivity contribution is 5.79. The predicted molar refractivity (Wildman–Crippen MR) is 104 cm³/mol. The molecular formula is C21H32N2O4. The molecule has 0 aliphatic carbocycles. The minimum Gasteiger partial charge on any atom is -0.497 e. The van der Waals surface area contributed by atoms with Gasteiger partial charge in [0.2, 0.25) is 5.91 Å². The van der Waals surface area contributed by atoms with Crippen LogP contribution in [0.5, 0.6) is 5.75 Å². The molecular weight excluding hydrogens is 344 g/mol. The molecule has 2 fully saturated rings. The second kappa shape index (κ2) is 8.17. The van der Waals surface area contributed by atoms with Gasteiger partial charge in [0.15, 0.2) is 0 Å². The number of hydrogen-bond acceptors (Lipinski definition) is 5. The standard InChI is InChI=1S/C21H32N2O4/c1-4-23-10-8-21(9-11-23)15-20(2,25)18(14-27-21)22-19(24)13-16-6-5-7-17(12-16)26-3/h5-7,12,18,25H,4,8-11,13-15H2,1-3H3,(H,22,24)/t18-,20-/m0/s1. The van der Waals surface area contributed by atoms with Crippen molar-refractivity contribution in [1.29, 1.82) is 0 Å². The van der Waals surface area contributed by atoms with Gasteiger partial charge in [-0.15, -0.1) is 0 Å². The zero-order valence-corrected chi connectivity index (χ0v) is 16.7. The molecule has 1 amide bonds. The van der Waals surface area contributed by atoms with Crippen LogP contribution in [-0.4, -0.2) is 66.5 Å². The Morgan fingerprint density at radius 3 is 2.78 bits per heavy atom. The first-order valence-electron chi connectivity index (χ1n) is 9.87. The van der Waals surface area contributed by atoms with E-state index in [0.29, 0.717) is 13.0 Å².